The Morgan fingerprint density at radius 1 is 1.04 bits per heavy atom. The summed E-state index contributed by atoms with van der Waals surface area (Å²) in [6, 6.07) is 12.9. The van der Waals surface area contributed by atoms with E-state index >= 15 is 0 Å². The van der Waals surface area contributed by atoms with Gasteiger partial charge in [0.15, 0.2) is 0 Å². The smallest absolute Gasteiger partial charge is 0.251 e. The van der Waals surface area contributed by atoms with Crippen molar-refractivity contribution in [2.75, 3.05) is 27.3 Å². The standard InChI is InChI=1S/C20H26N2O5S/c1-15(2)22(3)28(24,25)19-11-5-16(6-12-19)20(23)21-13-14-27-18-9-7-17(26-4)8-10-18/h5-12,15H,13-14H2,1-4H3,(H,21,23). The Hall–Kier alpha value is -2.58. The first-order valence-corrected chi connectivity index (χ1v) is 10.3. The van der Waals surface area contributed by atoms with Crippen molar-refractivity contribution in [2.24, 2.45) is 0 Å². The fraction of sp³-hybridized carbons (Fsp3) is 0.350. The summed E-state index contributed by atoms with van der Waals surface area (Å²) in [4.78, 5) is 12.4. The van der Waals surface area contributed by atoms with Crippen LogP contribution in [-0.2, 0) is 10.0 Å². The average Bonchev–Trinajstić information content (AvgIpc) is 2.70. The number of sulfonamides is 1. The lowest BCUT2D eigenvalue weighted by molar-refractivity contribution is 0.0947. The number of rotatable bonds is 9. The largest absolute Gasteiger partial charge is 0.497 e. The maximum Gasteiger partial charge on any atom is 0.251 e. The summed E-state index contributed by atoms with van der Waals surface area (Å²) in [7, 11) is -0.440. The van der Waals surface area contributed by atoms with Crippen molar-refractivity contribution in [3.8, 4) is 11.5 Å². The summed E-state index contributed by atoms with van der Waals surface area (Å²) in [5.41, 5.74) is 0.385. The van der Waals surface area contributed by atoms with Crippen LogP contribution in [-0.4, -0.2) is 52.0 Å². The van der Waals surface area contributed by atoms with Crippen molar-refractivity contribution in [3.05, 3.63) is 54.1 Å². The van der Waals surface area contributed by atoms with Crippen molar-refractivity contribution < 1.29 is 22.7 Å². The normalized spacial score (nSPS) is 11.5. The predicted octanol–water partition coefficient (Wildman–Crippen LogP) is 2.53. The molecule has 0 saturated heterocycles. The van der Waals surface area contributed by atoms with Gasteiger partial charge in [-0.3, -0.25) is 4.79 Å². The van der Waals surface area contributed by atoms with Crippen LogP contribution in [0.1, 0.15) is 24.2 Å². The highest BCUT2D eigenvalue weighted by Gasteiger charge is 2.23. The fourth-order valence-electron chi connectivity index (χ4n) is 2.33. The van der Waals surface area contributed by atoms with Gasteiger partial charge in [0, 0.05) is 18.7 Å². The molecule has 0 heterocycles. The zero-order chi connectivity index (χ0) is 20.7. The van der Waals surface area contributed by atoms with Gasteiger partial charge in [0.2, 0.25) is 10.0 Å². The van der Waals surface area contributed by atoms with Crippen LogP contribution in [0, 0.1) is 0 Å². The molecule has 7 nitrogen and oxygen atoms in total. The fourth-order valence-corrected chi connectivity index (χ4v) is 3.70. The van der Waals surface area contributed by atoms with Gasteiger partial charge in [0.25, 0.3) is 5.91 Å². The third kappa shape index (κ3) is 5.46. The quantitative estimate of drug-likeness (QED) is 0.647. The molecule has 0 saturated carbocycles. The van der Waals surface area contributed by atoms with Crippen LogP contribution in [0.3, 0.4) is 0 Å². The van der Waals surface area contributed by atoms with Crippen molar-refractivity contribution in [2.45, 2.75) is 24.8 Å². The van der Waals surface area contributed by atoms with Crippen LogP contribution in [0.4, 0.5) is 0 Å². The minimum Gasteiger partial charge on any atom is -0.497 e. The van der Waals surface area contributed by atoms with E-state index in [1.54, 1.807) is 45.2 Å². The number of methoxy groups -OCH3 is 1. The second kappa shape index (κ2) is 9.57. The molecule has 152 valence electrons. The zero-order valence-corrected chi connectivity index (χ0v) is 17.3. The van der Waals surface area contributed by atoms with Gasteiger partial charge in [0.1, 0.15) is 18.1 Å². The van der Waals surface area contributed by atoms with E-state index in [1.165, 1.54) is 35.6 Å². The number of carbonyl (C=O) groups excluding carboxylic acids is 1. The number of benzene rings is 2. The van der Waals surface area contributed by atoms with E-state index in [4.69, 9.17) is 9.47 Å². The lowest BCUT2D eigenvalue weighted by atomic mass is 10.2. The summed E-state index contributed by atoms with van der Waals surface area (Å²) in [5, 5.41) is 2.74. The van der Waals surface area contributed by atoms with Crippen molar-refractivity contribution in [1.82, 2.24) is 9.62 Å². The van der Waals surface area contributed by atoms with Gasteiger partial charge in [0.05, 0.1) is 18.6 Å². The molecule has 2 aromatic rings. The summed E-state index contributed by atoms with van der Waals surface area (Å²) in [5.74, 6) is 1.13. The lowest BCUT2D eigenvalue weighted by Crippen LogP contribution is -2.33. The molecule has 28 heavy (non-hydrogen) atoms. The molecule has 2 rings (SSSR count). The first kappa shape index (κ1) is 21.7. The zero-order valence-electron chi connectivity index (χ0n) is 16.5. The summed E-state index contributed by atoms with van der Waals surface area (Å²) >= 11 is 0. The van der Waals surface area contributed by atoms with E-state index < -0.39 is 10.0 Å². The molecule has 2 aromatic carbocycles. The van der Waals surface area contributed by atoms with Gasteiger partial charge >= 0.3 is 0 Å². The maximum atomic E-state index is 12.4. The number of hydrogen-bond acceptors (Lipinski definition) is 5. The Labute approximate surface area is 166 Å². The minimum atomic E-state index is -3.56. The number of amides is 1. The molecule has 0 unspecified atom stereocenters. The van der Waals surface area contributed by atoms with E-state index in [9.17, 15) is 13.2 Å². The van der Waals surface area contributed by atoms with Crippen LogP contribution in [0.25, 0.3) is 0 Å². The first-order valence-electron chi connectivity index (χ1n) is 8.89. The molecule has 0 aliphatic carbocycles. The Bertz CT molecular complexity index is 878. The summed E-state index contributed by atoms with van der Waals surface area (Å²) in [6.07, 6.45) is 0. The highest BCUT2D eigenvalue weighted by atomic mass is 32.2. The molecular weight excluding hydrogens is 380 g/mol. The predicted molar refractivity (Wildman–Crippen MR) is 107 cm³/mol. The second-order valence-corrected chi connectivity index (χ2v) is 8.42. The molecule has 0 aliphatic rings. The minimum absolute atomic E-state index is 0.154. The topological polar surface area (TPSA) is 84.9 Å². The van der Waals surface area contributed by atoms with Crippen molar-refractivity contribution >= 4 is 15.9 Å². The Balaban J connectivity index is 1.87. The molecule has 0 spiro atoms. The third-order valence-corrected chi connectivity index (χ3v) is 6.28. The highest BCUT2D eigenvalue weighted by Crippen LogP contribution is 2.18. The maximum absolute atomic E-state index is 12.4. The van der Waals surface area contributed by atoms with Crippen LogP contribution in [0.2, 0.25) is 0 Å². The van der Waals surface area contributed by atoms with Crippen LogP contribution in [0.15, 0.2) is 53.4 Å². The monoisotopic (exact) mass is 406 g/mol. The molecule has 1 N–H and O–H groups in total. The number of ether oxygens (including phenoxy) is 2. The van der Waals surface area contributed by atoms with Crippen LogP contribution < -0.4 is 14.8 Å². The van der Waals surface area contributed by atoms with Gasteiger partial charge in [-0.05, 0) is 62.4 Å². The molecule has 0 aromatic heterocycles. The molecule has 0 bridgehead atoms. The lowest BCUT2D eigenvalue weighted by Gasteiger charge is -2.21. The number of nitrogens with one attached hydrogen (secondary N) is 1. The van der Waals surface area contributed by atoms with E-state index in [-0.39, 0.29) is 16.8 Å². The Morgan fingerprint density at radius 2 is 1.61 bits per heavy atom. The van der Waals surface area contributed by atoms with Crippen molar-refractivity contribution in [1.29, 1.82) is 0 Å². The van der Waals surface area contributed by atoms with Gasteiger partial charge in [-0.25, -0.2) is 8.42 Å². The molecule has 1 amide bonds. The molecule has 8 heteroatoms. The molecular formula is C20H26N2O5S. The van der Waals surface area contributed by atoms with Gasteiger partial charge in [-0.1, -0.05) is 0 Å². The molecule has 0 atom stereocenters. The Morgan fingerprint density at radius 3 is 2.14 bits per heavy atom. The average molecular weight is 407 g/mol. The molecule has 0 aliphatic heterocycles. The highest BCUT2D eigenvalue weighted by molar-refractivity contribution is 7.89. The van der Waals surface area contributed by atoms with Gasteiger partial charge in [-0.2, -0.15) is 4.31 Å². The summed E-state index contributed by atoms with van der Waals surface area (Å²) in [6.45, 7) is 4.23. The van der Waals surface area contributed by atoms with Crippen molar-refractivity contribution in [3.63, 3.8) is 0 Å². The second-order valence-electron chi connectivity index (χ2n) is 6.42. The van der Waals surface area contributed by atoms with E-state index in [1.807, 2.05) is 0 Å². The third-order valence-electron chi connectivity index (χ3n) is 4.24. The van der Waals surface area contributed by atoms with Crippen LogP contribution in [0.5, 0.6) is 11.5 Å². The first-order chi connectivity index (χ1) is 13.3. The number of carbonyl (C=O) groups is 1. The Kier molecular flexibility index (Phi) is 7.42. The van der Waals surface area contributed by atoms with E-state index in [0.29, 0.717) is 24.5 Å². The molecule has 0 radical (unpaired) electrons. The van der Waals surface area contributed by atoms with Gasteiger partial charge < -0.3 is 14.8 Å². The number of hydrogen-bond donors (Lipinski definition) is 1. The van der Waals surface area contributed by atoms with Gasteiger partial charge in [-0.15, -0.1) is 0 Å². The van der Waals surface area contributed by atoms with Crippen LogP contribution >= 0.6 is 0 Å². The van der Waals surface area contributed by atoms with E-state index in [0.717, 1.165) is 5.75 Å². The number of nitrogens with zero attached hydrogens (tertiary/aromatic N) is 1. The van der Waals surface area contributed by atoms with E-state index in [2.05, 4.69) is 5.32 Å². The SMILES string of the molecule is COc1ccc(OCCNC(=O)c2ccc(S(=O)(=O)N(C)C(C)C)cc2)cc1. The summed E-state index contributed by atoms with van der Waals surface area (Å²) < 4.78 is 36.8. The molecule has 0 fully saturated rings.